The molecule has 0 bridgehead atoms. The number of para-hydroxylation sites is 8. The van der Waals surface area contributed by atoms with E-state index in [1.165, 1.54) is 142 Å². The molecule has 0 atom stereocenters. The van der Waals surface area contributed by atoms with Gasteiger partial charge in [0.05, 0.1) is 0 Å². The summed E-state index contributed by atoms with van der Waals surface area (Å²) in [6.45, 7) is 4.04. The molecule has 4 heteroatoms. The molecule has 0 aliphatic carbocycles. The monoisotopic (exact) mass is 1090 g/mol. The van der Waals surface area contributed by atoms with E-state index in [2.05, 4.69) is 249 Å². The summed E-state index contributed by atoms with van der Waals surface area (Å²) in [6, 6.07) is 87.3. The van der Waals surface area contributed by atoms with Gasteiger partial charge in [0.25, 0.3) is 0 Å². The number of unbranched alkanes of at least 4 members (excludes halogenated alkanes) is 4. The second-order valence-corrected chi connectivity index (χ2v) is 24.0. The van der Waals surface area contributed by atoms with Crippen molar-refractivity contribution in [3.05, 3.63) is 253 Å². The molecule has 0 N–H and O–H groups in total. The van der Waals surface area contributed by atoms with Crippen LogP contribution in [0.4, 0.5) is 0 Å². The van der Waals surface area contributed by atoms with Crippen molar-refractivity contribution >= 4 is 120 Å². The predicted octanol–water partition coefficient (Wildman–Crippen LogP) is 21.1. The fraction of sp³-hybridized carbons (Fsp3) is 0.200. The van der Waals surface area contributed by atoms with Gasteiger partial charge in [-0.05, 0) is 180 Å². The molecule has 16 rings (SSSR count). The molecule has 0 fully saturated rings. The lowest BCUT2D eigenvalue weighted by atomic mass is 9.83. The normalized spacial score (nSPS) is 12.3. The number of hydrogen-bond acceptors (Lipinski definition) is 0. The summed E-state index contributed by atoms with van der Waals surface area (Å²) in [5, 5.41) is 19.7. The summed E-state index contributed by atoms with van der Waals surface area (Å²) in [5.74, 6) is 0. The van der Waals surface area contributed by atoms with Crippen LogP contribution < -0.4 is 0 Å². The van der Waals surface area contributed by atoms with Crippen LogP contribution in [-0.2, 0) is 51.9 Å². The van der Waals surface area contributed by atoms with Crippen molar-refractivity contribution in [1.82, 2.24) is 18.3 Å². The van der Waals surface area contributed by atoms with Crippen LogP contribution in [-0.4, -0.2) is 18.3 Å². The first-order valence-electron chi connectivity index (χ1n) is 31.3. The van der Waals surface area contributed by atoms with E-state index < -0.39 is 0 Å². The Hall–Kier alpha value is -9.12. The topological polar surface area (TPSA) is 19.7 Å². The number of hydrogen-bond donors (Lipinski definition) is 0. The van der Waals surface area contributed by atoms with Gasteiger partial charge in [-0.2, -0.15) is 0 Å². The molecule has 12 aromatic carbocycles. The maximum Gasteiger partial charge on any atom is 0.0491 e. The van der Waals surface area contributed by atoms with Crippen LogP contribution in [0.1, 0.15) is 73.6 Å². The van der Waals surface area contributed by atoms with Gasteiger partial charge in [0.1, 0.15) is 0 Å². The minimum absolute atomic E-state index is 1.01. The highest BCUT2D eigenvalue weighted by Gasteiger charge is 2.21. The molecule has 4 aromatic heterocycles. The first-order chi connectivity index (χ1) is 41.7. The van der Waals surface area contributed by atoms with Gasteiger partial charge in [-0.15, -0.1) is 0 Å². The first-order valence-corrected chi connectivity index (χ1v) is 31.3. The average Bonchev–Trinajstić information content (AvgIpc) is 2.67. The Labute approximate surface area is 491 Å². The van der Waals surface area contributed by atoms with E-state index in [-0.39, 0.29) is 0 Å². The molecular formula is C80H70N4. The van der Waals surface area contributed by atoms with Gasteiger partial charge in [-0.3, -0.25) is 0 Å². The molecule has 0 saturated heterocycles. The molecule has 4 heterocycles. The molecule has 0 saturated carbocycles. The number of aryl methyl sites for hydroxylation is 8. The van der Waals surface area contributed by atoms with Crippen LogP contribution in [0.15, 0.2) is 231 Å². The molecule has 16 aromatic rings. The van der Waals surface area contributed by atoms with Crippen LogP contribution in [0.5, 0.6) is 0 Å². The van der Waals surface area contributed by atoms with E-state index in [4.69, 9.17) is 0 Å². The zero-order valence-electron chi connectivity index (χ0n) is 48.0. The number of benzene rings is 12. The Bertz CT molecular complexity index is 4270. The number of nitrogens with zero attached hydrogens (tertiary/aromatic N) is 4. The van der Waals surface area contributed by atoms with Crippen molar-refractivity contribution in [3.8, 4) is 0 Å². The van der Waals surface area contributed by atoms with Gasteiger partial charge < -0.3 is 18.3 Å². The quantitative estimate of drug-likeness (QED) is 0.0535. The molecular weight excluding hydrogens is 1020 g/mol. The highest BCUT2D eigenvalue weighted by Crippen LogP contribution is 2.43. The zero-order chi connectivity index (χ0) is 55.5. The maximum absolute atomic E-state index is 2.65. The van der Waals surface area contributed by atoms with Crippen LogP contribution >= 0.6 is 0 Å². The fourth-order valence-corrected chi connectivity index (χ4v) is 15.4. The molecule has 0 amide bonds. The van der Waals surface area contributed by atoms with Crippen molar-refractivity contribution in [1.29, 1.82) is 0 Å². The van der Waals surface area contributed by atoms with Crippen LogP contribution in [0.2, 0.25) is 0 Å². The first kappa shape index (κ1) is 50.6. The van der Waals surface area contributed by atoms with E-state index in [1.807, 2.05) is 0 Å². The van der Waals surface area contributed by atoms with Crippen LogP contribution in [0.3, 0.4) is 0 Å². The molecule has 410 valence electrons. The van der Waals surface area contributed by atoms with Gasteiger partial charge in [0, 0.05) is 113 Å². The average molecular weight is 1090 g/mol. The van der Waals surface area contributed by atoms with E-state index in [9.17, 15) is 0 Å². The van der Waals surface area contributed by atoms with E-state index in [0.717, 1.165) is 103 Å². The Kier molecular flexibility index (Phi) is 13.0. The summed E-state index contributed by atoms with van der Waals surface area (Å²) in [6.07, 6.45) is 13.3. The van der Waals surface area contributed by atoms with Gasteiger partial charge >= 0.3 is 0 Å². The summed E-state index contributed by atoms with van der Waals surface area (Å²) in [4.78, 5) is 0. The van der Waals surface area contributed by atoms with Crippen molar-refractivity contribution in [3.63, 3.8) is 0 Å². The second-order valence-electron chi connectivity index (χ2n) is 24.0. The summed E-state index contributed by atoms with van der Waals surface area (Å²) < 4.78 is 10.3. The van der Waals surface area contributed by atoms with Crippen LogP contribution in [0.25, 0.3) is 120 Å². The Morgan fingerprint density at radius 3 is 0.548 bits per heavy atom. The molecule has 0 aliphatic rings. The molecule has 0 aliphatic heterocycles. The Morgan fingerprint density at radius 1 is 0.179 bits per heavy atom. The minimum atomic E-state index is 1.01. The highest BCUT2D eigenvalue weighted by atomic mass is 15.0. The lowest BCUT2D eigenvalue weighted by Crippen LogP contribution is -2.03. The van der Waals surface area contributed by atoms with Gasteiger partial charge in [0.15, 0.2) is 0 Å². The third-order valence-electron chi connectivity index (χ3n) is 19.3. The van der Waals surface area contributed by atoms with Crippen molar-refractivity contribution in [2.45, 2.75) is 103 Å². The number of aromatic nitrogens is 4. The smallest absolute Gasteiger partial charge is 0.0491 e. The SMILES string of the molecule is c1ccc2c(c1)c1ccccc1n2CCCCc1cc(CCCCn2c3ccccc3c3ccccc32)c2ccc3c(CCCCn4c5ccccc5c5ccccc54)cc(CCCCn4c5ccccc5c5ccccc54)c4ccc1c2c43. The summed E-state index contributed by atoms with van der Waals surface area (Å²) in [7, 11) is 0. The van der Waals surface area contributed by atoms with E-state index in [1.54, 1.807) is 0 Å². The number of rotatable bonds is 20. The van der Waals surface area contributed by atoms with Crippen molar-refractivity contribution in [2.24, 2.45) is 0 Å². The molecule has 4 nitrogen and oxygen atoms in total. The summed E-state index contributed by atoms with van der Waals surface area (Å²) >= 11 is 0. The standard InChI is InChI=1S/C80H70N4/c1-9-37-71-63(29-1)64-30-2-10-38-72(64)81(71)49-21-17-25-55-53-56(26-18-22-50-82-73-39-11-3-31-65(73)66-32-4-12-40-74(66)82)60-47-48-62-58(28-20-24-52-84-77-43-15-7-35-69(77)70-36-8-16-44-78(70)84)54-57(61-46-45-59(55)79(60)80(61)62)27-19-23-51-83-75-41-13-5-33-67(75)68-34-6-14-42-76(68)83/h1-16,29-48,53-54H,17-28,49-52H2. The fourth-order valence-electron chi connectivity index (χ4n) is 15.4. The van der Waals surface area contributed by atoms with E-state index in [0.29, 0.717) is 0 Å². The second kappa shape index (κ2) is 21.6. The zero-order valence-corrected chi connectivity index (χ0v) is 48.0. The van der Waals surface area contributed by atoms with Gasteiger partial charge in [-0.1, -0.05) is 182 Å². The third-order valence-corrected chi connectivity index (χ3v) is 19.3. The Morgan fingerprint density at radius 2 is 0.357 bits per heavy atom. The summed E-state index contributed by atoms with van der Waals surface area (Å²) in [5.41, 5.74) is 16.8. The molecule has 0 unspecified atom stereocenters. The van der Waals surface area contributed by atoms with Crippen LogP contribution in [0, 0.1) is 0 Å². The van der Waals surface area contributed by atoms with Gasteiger partial charge in [-0.25, -0.2) is 0 Å². The van der Waals surface area contributed by atoms with Gasteiger partial charge in [0.2, 0.25) is 0 Å². The largest absolute Gasteiger partial charge is 0.340 e. The predicted molar refractivity (Wildman–Crippen MR) is 360 cm³/mol. The van der Waals surface area contributed by atoms with Crippen molar-refractivity contribution < 1.29 is 0 Å². The third kappa shape index (κ3) is 8.63. The van der Waals surface area contributed by atoms with Crippen molar-refractivity contribution in [2.75, 3.05) is 0 Å². The van der Waals surface area contributed by atoms with E-state index >= 15 is 0 Å². The molecule has 0 spiro atoms. The maximum atomic E-state index is 2.65. The minimum Gasteiger partial charge on any atom is -0.340 e. The molecule has 0 radical (unpaired) electrons. The lowest BCUT2D eigenvalue weighted by Gasteiger charge is -2.21. The molecule has 84 heavy (non-hydrogen) atoms. The Balaban J connectivity index is 0.754. The highest BCUT2D eigenvalue weighted by molar-refractivity contribution is 6.25. The lowest BCUT2D eigenvalue weighted by molar-refractivity contribution is 0.633. The number of fused-ring (bicyclic) bond motifs is 12.